The Morgan fingerprint density at radius 2 is 2.05 bits per heavy atom. The normalized spacial score (nSPS) is 12.7. The zero-order valence-corrected chi connectivity index (χ0v) is 11.9. The topological polar surface area (TPSA) is 51.0 Å². The van der Waals surface area contributed by atoms with Gasteiger partial charge >= 0.3 is 0 Å². The van der Waals surface area contributed by atoms with Gasteiger partial charge in [0.25, 0.3) is 0 Å². The van der Waals surface area contributed by atoms with E-state index in [9.17, 15) is 0 Å². The van der Waals surface area contributed by atoms with Crippen molar-refractivity contribution in [3.05, 3.63) is 58.7 Å². The minimum Gasteiger partial charge on any atom is -0.466 e. The predicted molar refractivity (Wildman–Crippen MR) is 76.8 cm³/mol. The molecule has 1 N–H and O–H groups in total. The maximum atomic E-state index is 5.56. The molecule has 5 heteroatoms. The molecule has 0 radical (unpaired) electrons. The predicted octanol–water partition coefficient (Wildman–Crippen LogP) is 3.29. The molecule has 1 atom stereocenters. The van der Waals surface area contributed by atoms with E-state index in [0.29, 0.717) is 0 Å². The van der Waals surface area contributed by atoms with Crippen molar-refractivity contribution < 1.29 is 4.42 Å². The number of nitrogens with one attached hydrogen (secondary N) is 1. The van der Waals surface area contributed by atoms with Crippen LogP contribution in [0.3, 0.4) is 0 Å². The molecule has 1 aromatic carbocycles. The average Bonchev–Trinajstić information content (AvgIpc) is 2.86. The first kappa shape index (κ1) is 12.3. The standard InChI is InChI=1S/C14H12BrN3O/c1-16-13(14-10(15)5-8-19-14)9-3-2-4-11-12(9)18-7-6-17-11/h2-8,13,16H,1H3. The highest BCUT2D eigenvalue weighted by molar-refractivity contribution is 9.10. The van der Waals surface area contributed by atoms with Gasteiger partial charge in [0.2, 0.25) is 0 Å². The highest BCUT2D eigenvalue weighted by atomic mass is 79.9. The van der Waals surface area contributed by atoms with Gasteiger partial charge in [0.15, 0.2) is 0 Å². The molecular formula is C14H12BrN3O. The van der Waals surface area contributed by atoms with Crippen molar-refractivity contribution in [2.75, 3.05) is 7.05 Å². The van der Waals surface area contributed by atoms with Gasteiger partial charge in [-0.25, -0.2) is 0 Å². The van der Waals surface area contributed by atoms with Crippen LogP contribution in [0.1, 0.15) is 17.4 Å². The number of hydrogen-bond acceptors (Lipinski definition) is 4. The van der Waals surface area contributed by atoms with E-state index in [2.05, 4.69) is 31.2 Å². The molecule has 0 aliphatic rings. The molecule has 19 heavy (non-hydrogen) atoms. The van der Waals surface area contributed by atoms with E-state index in [1.54, 1.807) is 18.7 Å². The molecule has 3 rings (SSSR count). The molecule has 2 heterocycles. The number of benzene rings is 1. The number of hydrogen-bond donors (Lipinski definition) is 1. The molecule has 0 bridgehead atoms. The van der Waals surface area contributed by atoms with E-state index in [1.807, 2.05) is 31.3 Å². The minimum atomic E-state index is -0.0650. The third-order valence-electron chi connectivity index (χ3n) is 3.04. The highest BCUT2D eigenvalue weighted by Crippen LogP contribution is 2.31. The summed E-state index contributed by atoms with van der Waals surface area (Å²) >= 11 is 3.50. The number of aromatic nitrogens is 2. The number of para-hydroxylation sites is 1. The van der Waals surface area contributed by atoms with Crippen molar-refractivity contribution in [2.24, 2.45) is 0 Å². The highest BCUT2D eigenvalue weighted by Gasteiger charge is 2.20. The zero-order chi connectivity index (χ0) is 13.2. The Morgan fingerprint density at radius 1 is 1.21 bits per heavy atom. The van der Waals surface area contributed by atoms with E-state index < -0.39 is 0 Å². The lowest BCUT2D eigenvalue weighted by Crippen LogP contribution is -2.18. The van der Waals surface area contributed by atoms with Crippen LogP contribution in [0.15, 0.2) is 51.8 Å². The van der Waals surface area contributed by atoms with Gasteiger partial charge in [-0.05, 0) is 35.1 Å². The fourth-order valence-electron chi connectivity index (χ4n) is 2.19. The van der Waals surface area contributed by atoms with E-state index in [-0.39, 0.29) is 6.04 Å². The summed E-state index contributed by atoms with van der Waals surface area (Å²) in [5, 5.41) is 3.26. The van der Waals surface area contributed by atoms with Crippen LogP contribution in [0.25, 0.3) is 11.0 Å². The molecule has 0 fully saturated rings. The summed E-state index contributed by atoms with van der Waals surface area (Å²) in [4.78, 5) is 8.76. The van der Waals surface area contributed by atoms with Crippen LogP contribution >= 0.6 is 15.9 Å². The zero-order valence-electron chi connectivity index (χ0n) is 10.3. The summed E-state index contributed by atoms with van der Waals surface area (Å²) in [6, 6.07) is 7.79. The van der Waals surface area contributed by atoms with Crippen molar-refractivity contribution in [1.29, 1.82) is 0 Å². The summed E-state index contributed by atoms with van der Waals surface area (Å²) < 4.78 is 6.50. The van der Waals surface area contributed by atoms with Crippen molar-refractivity contribution in [3.8, 4) is 0 Å². The van der Waals surface area contributed by atoms with Gasteiger partial charge in [-0.15, -0.1) is 0 Å². The smallest absolute Gasteiger partial charge is 0.139 e. The van der Waals surface area contributed by atoms with E-state index in [1.165, 1.54) is 0 Å². The van der Waals surface area contributed by atoms with Gasteiger partial charge in [-0.1, -0.05) is 12.1 Å². The van der Waals surface area contributed by atoms with Crippen LogP contribution in [0, 0.1) is 0 Å². The van der Waals surface area contributed by atoms with Crippen LogP contribution < -0.4 is 5.32 Å². The van der Waals surface area contributed by atoms with Crippen molar-refractivity contribution in [3.63, 3.8) is 0 Å². The molecule has 4 nitrogen and oxygen atoms in total. The van der Waals surface area contributed by atoms with Crippen LogP contribution in [-0.2, 0) is 0 Å². The summed E-state index contributed by atoms with van der Waals surface area (Å²) in [7, 11) is 1.90. The van der Waals surface area contributed by atoms with Crippen LogP contribution in [0.5, 0.6) is 0 Å². The third-order valence-corrected chi connectivity index (χ3v) is 3.69. The molecule has 0 saturated heterocycles. The molecule has 0 aliphatic heterocycles. The lowest BCUT2D eigenvalue weighted by molar-refractivity contribution is 0.462. The Hall–Kier alpha value is -1.72. The maximum Gasteiger partial charge on any atom is 0.139 e. The van der Waals surface area contributed by atoms with E-state index in [4.69, 9.17) is 4.42 Å². The van der Waals surface area contributed by atoms with Gasteiger partial charge in [0.05, 0.1) is 27.8 Å². The van der Waals surface area contributed by atoms with E-state index in [0.717, 1.165) is 26.8 Å². The molecule has 1 unspecified atom stereocenters. The fourth-order valence-corrected chi connectivity index (χ4v) is 2.62. The van der Waals surface area contributed by atoms with Gasteiger partial charge in [-0.3, -0.25) is 9.97 Å². The number of rotatable bonds is 3. The van der Waals surface area contributed by atoms with Crippen molar-refractivity contribution >= 4 is 27.0 Å². The number of furan rings is 1. The number of nitrogens with zero attached hydrogens (tertiary/aromatic N) is 2. The Labute approximate surface area is 119 Å². The Kier molecular flexibility index (Phi) is 3.31. The second-order valence-electron chi connectivity index (χ2n) is 4.13. The van der Waals surface area contributed by atoms with Gasteiger partial charge in [0.1, 0.15) is 5.76 Å². The number of halogens is 1. The SMILES string of the molecule is CNC(c1occc1Br)c1cccc2nccnc12. The molecule has 2 aromatic heterocycles. The second kappa shape index (κ2) is 5.11. The molecule has 0 amide bonds. The molecule has 3 aromatic rings. The molecule has 0 spiro atoms. The van der Waals surface area contributed by atoms with Gasteiger partial charge in [-0.2, -0.15) is 0 Å². The van der Waals surface area contributed by atoms with Gasteiger partial charge < -0.3 is 9.73 Å². The fraction of sp³-hybridized carbons (Fsp3) is 0.143. The first-order valence-corrected chi connectivity index (χ1v) is 6.70. The summed E-state index contributed by atoms with van der Waals surface area (Å²) in [5.41, 5.74) is 2.80. The lowest BCUT2D eigenvalue weighted by atomic mass is 10.0. The third kappa shape index (κ3) is 2.15. The Morgan fingerprint density at radius 3 is 2.79 bits per heavy atom. The second-order valence-corrected chi connectivity index (χ2v) is 4.98. The quantitative estimate of drug-likeness (QED) is 0.805. The summed E-state index contributed by atoms with van der Waals surface area (Å²) in [5.74, 6) is 0.834. The first-order valence-electron chi connectivity index (χ1n) is 5.91. The maximum absolute atomic E-state index is 5.56. The lowest BCUT2D eigenvalue weighted by Gasteiger charge is -2.16. The Bertz CT molecular complexity index is 705. The molecular weight excluding hydrogens is 306 g/mol. The first-order chi connectivity index (χ1) is 9.31. The largest absolute Gasteiger partial charge is 0.466 e. The van der Waals surface area contributed by atoms with E-state index >= 15 is 0 Å². The summed E-state index contributed by atoms with van der Waals surface area (Å²) in [6.45, 7) is 0. The Balaban J connectivity index is 2.20. The van der Waals surface area contributed by atoms with Crippen molar-refractivity contribution in [1.82, 2.24) is 15.3 Å². The monoisotopic (exact) mass is 317 g/mol. The molecule has 0 aliphatic carbocycles. The number of fused-ring (bicyclic) bond motifs is 1. The molecule has 0 saturated carbocycles. The average molecular weight is 318 g/mol. The molecule has 96 valence electrons. The minimum absolute atomic E-state index is 0.0650. The van der Waals surface area contributed by atoms with Gasteiger partial charge in [0, 0.05) is 18.0 Å². The van der Waals surface area contributed by atoms with Crippen LogP contribution in [0.2, 0.25) is 0 Å². The van der Waals surface area contributed by atoms with Crippen LogP contribution in [-0.4, -0.2) is 17.0 Å². The summed E-state index contributed by atoms with van der Waals surface area (Å²) in [6.07, 6.45) is 5.07. The van der Waals surface area contributed by atoms with Crippen molar-refractivity contribution in [2.45, 2.75) is 6.04 Å². The van der Waals surface area contributed by atoms with Crippen LogP contribution in [0.4, 0.5) is 0 Å².